The van der Waals surface area contributed by atoms with Crippen LogP contribution in [0.25, 0.3) is 5.69 Å². The van der Waals surface area contributed by atoms with Crippen LogP contribution in [0.15, 0.2) is 67.0 Å². The predicted molar refractivity (Wildman–Crippen MR) is 103 cm³/mol. The second kappa shape index (κ2) is 8.46. The first-order chi connectivity index (χ1) is 13.3. The average Bonchev–Trinajstić information content (AvgIpc) is 3.36. The van der Waals surface area contributed by atoms with Crippen molar-refractivity contribution in [2.45, 2.75) is 32.0 Å². The number of hydrogen-bond acceptors (Lipinski definition) is 3. The second-order valence-corrected chi connectivity index (χ2v) is 7.05. The molecule has 5 heteroatoms. The van der Waals surface area contributed by atoms with E-state index in [4.69, 9.17) is 4.74 Å². The fraction of sp³-hybridized carbons (Fsp3) is 0.318. The van der Waals surface area contributed by atoms with Crippen molar-refractivity contribution in [3.8, 4) is 5.69 Å². The van der Waals surface area contributed by atoms with Crippen LogP contribution < -0.4 is 0 Å². The highest BCUT2D eigenvalue weighted by atomic mass is 19.1. The lowest BCUT2D eigenvalue weighted by atomic mass is 10.1. The average molecular weight is 365 g/mol. The third-order valence-corrected chi connectivity index (χ3v) is 4.89. The van der Waals surface area contributed by atoms with Crippen molar-refractivity contribution >= 4 is 0 Å². The molecular formula is C22H24FN3O. The largest absolute Gasteiger partial charge is 0.377 e. The normalized spacial score (nSPS) is 16.9. The highest BCUT2D eigenvalue weighted by Crippen LogP contribution is 2.18. The molecule has 1 fully saturated rings. The molecule has 1 unspecified atom stereocenters. The van der Waals surface area contributed by atoms with Gasteiger partial charge in [-0.3, -0.25) is 4.90 Å². The van der Waals surface area contributed by atoms with Gasteiger partial charge in [0.05, 0.1) is 11.8 Å². The molecule has 1 atom stereocenters. The van der Waals surface area contributed by atoms with Gasteiger partial charge in [0.2, 0.25) is 0 Å². The lowest BCUT2D eigenvalue weighted by Crippen LogP contribution is -2.31. The first kappa shape index (κ1) is 17.9. The molecule has 4 nitrogen and oxygen atoms in total. The maximum atomic E-state index is 13.6. The Labute approximate surface area is 159 Å². The number of rotatable bonds is 7. The van der Waals surface area contributed by atoms with E-state index in [1.54, 1.807) is 18.3 Å². The Morgan fingerprint density at radius 3 is 2.63 bits per heavy atom. The molecule has 0 amide bonds. The molecule has 2 heterocycles. The maximum absolute atomic E-state index is 13.6. The molecule has 0 aliphatic carbocycles. The third-order valence-electron chi connectivity index (χ3n) is 4.89. The number of hydrogen-bond donors (Lipinski definition) is 0. The van der Waals surface area contributed by atoms with Crippen molar-refractivity contribution in [1.82, 2.24) is 14.7 Å². The number of nitrogens with zero attached hydrogens (tertiary/aromatic N) is 3. The predicted octanol–water partition coefficient (Wildman–Crippen LogP) is 4.19. The van der Waals surface area contributed by atoms with Crippen LogP contribution in [-0.4, -0.2) is 33.9 Å². The number of halogens is 1. The highest BCUT2D eigenvalue weighted by Gasteiger charge is 2.19. The van der Waals surface area contributed by atoms with E-state index in [1.807, 2.05) is 23.0 Å². The summed E-state index contributed by atoms with van der Waals surface area (Å²) in [6.07, 6.45) is 6.19. The molecule has 0 radical (unpaired) electrons. The molecule has 0 saturated carbocycles. The van der Waals surface area contributed by atoms with Crippen LogP contribution >= 0.6 is 0 Å². The standard InChI is InChI=1S/C22H24FN3O/c23-20-5-1-4-19(14-20)16-25(17-22-6-2-13-27-22)15-18-7-9-21(10-8-18)26-12-3-11-24-26/h1,3-5,7-12,14,22H,2,6,13,15-17H2. The molecule has 140 valence electrons. The van der Waals surface area contributed by atoms with Crippen molar-refractivity contribution in [3.05, 3.63) is 83.9 Å². The molecule has 1 aliphatic heterocycles. The second-order valence-electron chi connectivity index (χ2n) is 7.05. The van der Waals surface area contributed by atoms with Crippen LogP contribution in [0.5, 0.6) is 0 Å². The van der Waals surface area contributed by atoms with Gasteiger partial charge in [0.25, 0.3) is 0 Å². The molecule has 1 aromatic heterocycles. The summed E-state index contributed by atoms with van der Waals surface area (Å²) in [6, 6.07) is 17.2. The van der Waals surface area contributed by atoms with Crippen molar-refractivity contribution in [2.75, 3.05) is 13.2 Å². The topological polar surface area (TPSA) is 30.3 Å². The van der Waals surface area contributed by atoms with Gasteiger partial charge in [-0.2, -0.15) is 5.10 Å². The summed E-state index contributed by atoms with van der Waals surface area (Å²) in [7, 11) is 0. The Hall–Kier alpha value is -2.50. The Morgan fingerprint density at radius 1 is 1.07 bits per heavy atom. The molecule has 0 spiro atoms. The van der Waals surface area contributed by atoms with Gasteiger partial charge in [0.15, 0.2) is 0 Å². The molecule has 3 aromatic rings. The van der Waals surface area contributed by atoms with Gasteiger partial charge in [-0.05, 0) is 54.3 Å². The van der Waals surface area contributed by atoms with E-state index in [-0.39, 0.29) is 11.9 Å². The van der Waals surface area contributed by atoms with Crippen LogP contribution in [0.3, 0.4) is 0 Å². The Balaban J connectivity index is 1.47. The van der Waals surface area contributed by atoms with E-state index in [9.17, 15) is 4.39 Å². The maximum Gasteiger partial charge on any atom is 0.123 e. The van der Waals surface area contributed by atoms with Gasteiger partial charge >= 0.3 is 0 Å². The molecule has 0 N–H and O–H groups in total. The van der Waals surface area contributed by atoms with Gasteiger partial charge in [-0.15, -0.1) is 0 Å². The lowest BCUT2D eigenvalue weighted by molar-refractivity contribution is 0.0679. The third kappa shape index (κ3) is 4.81. The van der Waals surface area contributed by atoms with E-state index in [2.05, 4.69) is 34.3 Å². The van der Waals surface area contributed by atoms with Gasteiger partial charge in [0.1, 0.15) is 5.82 Å². The minimum absolute atomic E-state index is 0.187. The van der Waals surface area contributed by atoms with E-state index < -0.39 is 0 Å². The molecule has 2 aromatic carbocycles. The summed E-state index contributed by atoms with van der Waals surface area (Å²) >= 11 is 0. The Kier molecular flexibility index (Phi) is 5.61. The molecule has 1 saturated heterocycles. The number of aromatic nitrogens is 2. The van der Waals surface area contributed by atoms with Gasteiger partial charge < -0.3 is 4.74 Å². The quantitative estimate of drug-likeness (QED) is 0.629. The molecule has 4 rings (SSSR count). The van der Waals surface area contributed by atoms with E-state index in [0.29, 0.717) is 6.54 Å². The van der Waals surface area contributed by atoms with Crippen LogP contribution in [-0.2, 0) is 17.8 Å². The monoisotopic (exact) mass is 365 g/mol. The number of ether oxygens (including phenoxy) is 1. The summed E-state index contributed by atoms with van der Waals surface area (Å²) < 4.78 is 21.2. The number of benzene rings is 2. The summed E-state index contributed by atoms with van der Waals surface area (Å²) in [4.78, 5) is 2.34. The first-order valence-electron chi connectivity index (χ1n) is 9.44. The summed E-state index contributed by atoms with van der Waals surface area (Å²) in [5.74, 6) is -0.187. The highest BCUT2D eigenvalue weighted by molar-refractivity contribution is 5.33. The van der Waals surface area contributed by atoms with Crippen LogP contribution in [0.4, 0.5) is 4.39 Å². The summed E-state index contributed by atoms with van der Waals surface area (Å²) in [5, 5.41) is 4.26. The zero-order valence-electron chi connectivity index (χ0n) is 15.3. The Morgan fingerprint density at radius 2 is 1.93 bits per heavy atom. The molecule has 1 aliphatic rings. The molecular weight excluding hydrogens is 341 g/mol. The SMILES string of the molecule is Fc1cccc(CN(Cc2ccc(-n3cccn3)cc2)CC2CCCO2)c1. The smallest absolute Gasteiger partial charge is 0.123 e. The lowest BCUT2D eigenvalue weighted by Gasteiger charge is -2.25. The van der Waals surface area contributed by atoms with Gasteiger partial charge in [-0.1, -0.05) is 24.3 Å². The van der Waals surface area contributed by atoms with Crippen LogP contribution in [0, 0.1) is 5.82 Å². The zero-order valence-corrected chi connectivity index (χ0v) is 15.3. The van der Waals surface area contributed by atoms with E-state index in [0.717, 1.165) is 43.8 Å². The zero-order chi connectivity index (χ0) is 18.5. The van der Waals surface area contributed by atoms with Gasteiger partial charge in [-0.25, -0.2) is 9.07 Å². The fourth-order valence-electron chi connectivity index (χ4n) is 3.59. The summed E-state index contributed by atoms with van der Waals surface area (Å²) in [6.45, 7) is 3.21. The summed E-state index contributed by atoms with van der Waals surface area (Å²) in [5.41, 5.74) is 3.25. The van der Waals surface area contributed by atoms with E-state index >= 15 is 0 Å². The van der Waals surface area contributed by atoms with Crippen LogP contribution in [0.1, 0.15) is 24.0 Å². The minimum atomic E-state index is -0.187. The molecule has 0 bridgehead atoms. The first-order valence-corrected chi connectivity index (χ1v) is 9.44. The van der Waals surface area contributed by atoms with Crippen molar-refractivity contribution in [2.24, 2.45) is 0 Å². The van der Waals surface area contributed by atoms with Crippen LogP contribution in [0.2, 0.25) is 0 Å². The Bertz CT molecular complexity index is 842. The van der Waals surface area contributed by atoms with Crippen molar-refractivity contribution in [1.29, 1.82) is 0 Å². The van der Waals surface area contributed by atoms with E-state index in [1.165, 1.54) is 11.6 Å². The molecule has 27 heavy (non-hydrogen) atoms. The van der Waals surface area contributed by atoms with Gasteiger partial charge in [0, 0.05) is 38.6 Å². The fourth-order valence-corrected chi connectivity index (χ4v) is 3.59. The minimum Gasteiger partial charge on any atom is -0.377 e. The van der Waals surface area contributed by atoms with Crippen molar-refractivity contribution in [3.63, 3.8) is 0 Å². The van der Waals surface area contributed by atoms with Crippen molar-refractivity contribution < 1.29 is 9.13 Å².